The van der Waals surface area contributed by atoms with Crippen LogP contribution in [0.3, 0.4) is 0 Å². The maximum atomic E-state index is 14.3. The standard InChI is InChI=1S/C21H33F4N/c1-5-8-10-16(7-3)11-12-26(14-15(4)9-6-2)18-13-17(22)19(23)21(25)20(18)24/h13,15-16H,5-12,14H2,1-4H3. The fraction of sp³-hybridized carbons (Fsp3) is 0.714. The van der Waals surface area contributed by atoms with Crippen molar-refractivity contribution in [2.45, 2.75) is 72.6 Å². The first-order chi connectivity index (χ1) is 12.3. The molecule has 2 unspecified atom stereocenters. The molecular formula is C21H33F4N. The van der Waals surface area contributed by atoms with Crippen LogP contribution in [-0.4, -0.2) is 13.1 Å². The molecule has 1 nitrogen and oxygen atoms in total. The fourth-order valence-corrected chi connectivity index (χ4v) is 3.44. The van der Waals surface area contributed by atoms with Crippen molar-refractivity contribution in [2.24, 2.45) is 11.8 Å². The SMILES string of the molecule is CCCCC(CC)CCN(CC(C)CCC)c1cc(F)c(F)c(F)c1F. The van der Waals surface area contributed by atoms with Crippen molar-refractivity contribution in [1.29, 1.82) is 0 Å². The van der Waals surface area contributed by atoms with Crippen LogP contribution in [0.4, 0.5) is 23.2 Å². The van der Waals surface area contributed by atoms with Gasteiger partial charge < -0.3 is 4.90 Å². The van der Waals surface area contributed by atoms with E-state index in [1.54, 1.807) is 4.90 Å². The van der Waals surface area contributed by atoms with Crippen molar-refractivity contribution in [3.8, 4) is 0 Å². The van der Waals surface area contributed by atoms with Crippen LogP contribution in [0.5, 0.6) is 0 Å². The quantitative estimate of drug-likeness (QED) is 0.214. The van der Waals surface area contributed by atoms with Crippen LogP contribution in [0, 0.1) is 35.1 Å². The summed E-state index contributed by atoms with van der Waals surface area (Å²) in [6, 6.07) is 0.791. The Morgan fingerprint density at radius 2 is 1.58 bits per heavy atom. The summed E-state index contributed by atoms with van der Waals surface area (Å²) >= 11 is 0. The monoisotopic (exact) mass is 375 g/mol. The molecular weight excluding hydrogens is 342 g/mol. The van der Waals surface area contributed by atoms with Crippen molar-refractivity contribution in [3.05, 3.63) is 29.3 Å². The summed E-state index contributed by atoms with van der Waals surface area (Å²) in [6.07, 6.45) is 7.13. The maximum Gasteiger partial charge on any atom is 0.199 e. The molecule has 0 aliphatic heterocycles. The summed E-state index contributed by atoms with van der Waals surface area (Å²) in [7, 11) is 0. The molecule has 1 rings (SSSR count). The molecule has 0 amide bonds. The van der Waals surface area contributed by atoms with Crippen LogP contribution in [0.1, 0.15) is 72.6 Å². The van der Waals surface area contributed by atoms with Gasteiger partial charge in [0.1, 0.15) is 0 Å². The molecule has 0 bridgehead atoms. The Morgan fingerprint density at radius 3 is 2.15 bits per heavy atom. The van der Waals surface area contributed by atoms with Crippen LogP contribution in [0.15, 0.2) is 6.07 Å². The van der Waals surface area contributed by atoms with E-state index in [0.29, 0.717) is 19.0 Å². The second-order valence-electron chi connectivity index (χ2n) is 7.36. The van der Waals surface area contributed by atoms with Crippen LogP contribution in [0.2, 0.25) is 0 Å². The zero-order chi connectivity index (χ0) is 19.7. The third kappa shape index (κ3) is 6.48. The lowest BCUT2D eigenvalue weighted by molar-refractivity contribution is 0.397. The van der Waals surface area contributed by atoms with E-state index in [9.17, 15) is 17.6 Å². The van der Waals surface area contributed by atoms with Gasteiger partial charge in [0.05, 0.1) is 5.69 Å². The highest BCUT2D eigenvalue weighted by Gasteiger charge is 2.24. The number of nitrogens with zero attached hydrogens (tertiary/aromatic N) is 1. The number of rotatable bonds is 12. The molecule has 26 heavy (non-hydrogen) atoms. The normalized spacial score (nSPS) is 13.7. The van der Waals surface area contributed by atoms with Crippen molar-refractivity contribution in [3.63, 3.8) is 0 Å². The second-order valence-corrected chi connectivity index (χ2v) is 7.36. The molecule has 0 saturated heterocycles. The summed E-state index contributed by atoms with van der Waals surface area (Å²) in [5.41, 5.74) is -0.172. The van der Waals surface area contributed by atoms with E-state index < -0.39 is 23.3 Å². The first-order valence-corrected chi connectivity index (χ1v) is 9.93. The Kier molecular flexibility index (Phi) is 10.0. The molecule has 2 atom stereocenters. The van der Waals surface area contributed by atoms with Crippen molar-refractivity contribution in [2.75, 3.05) is 18.0 Å². The summed E-state index contributed by atoms with van der Waals surface area (Å²) in [6.45, 7) is 9.39. The molecule has 1 aromatic carbocycles. The lowest BCUT2D eigenvalue weighted by Crippen LogP contribution is -2.32. The van der Waals surface area contributed by atoms with E-state index in [4.69, 9.17) is 0 Å². The van der Waals surface area contributed by atoms with E-state index in [0.717, 1.165) is 51.0 Å². The molecule has 0 radical (unpaired) electrons. The van der Waals surface area contributed by atoms with E-state index in [-0.39, 0.29) is 11.6 Å². The maximum absolute atomic E-state index is 14.3. The number of benzene rings is 1. The number of anilines is 1. The predicted molar refractivity (Wildman–Crippen MR) is 100 cm³/mol. The summed E-state index contributed by atoms with van der Waals surface area (Å²) in [5, 5.41) is 0. The molecule has 5 heteroatoms. The zero-order valence-electron chi connectivity index (χ0n) is 16.6. The smallest absolute Gasteiger partial charge is 0.199 e. The first kappa shape index (κ1) is 22.8. The molecule has 0 aliphatic carbocycles. The molecule has 1 aromatic rings. The van der Waals surface area contributed by atoms with Gasteiger partial charge in [0.25, 0.3) is 0 Å². The van der Waals surface area contributed by atoms with Gasteiger partial charge in [-0.2, -0.15) is 0 Å². The lowest BCUT2D eigenvalue weighted by Gasteiger charge is -2.30. The van der Waals surface area contributed by atoms with Gasteiger partial charge >= 0.3 is 0 Å². The molecule has 0 aromatic heterocycles. The van der Waals surface area contributed by atoms with Gasteiger partial charge in [0, 0.05) is 19.2 Å². The average molecular weight is 375 g/mol. The highest BCUT2D eigenvalue weighted by Crippen LogP contribution is 2.28. The van der Waals surface area contributed by atoms with Gasteiger partial charge in [-0.3, -0.25) is 0 Å². The Bertz CT molecular complexity index is 547. The van der Waals surface area contributed by atoms with E-state index in [2.05, 4.69) is 20.8 Å². The van der Waals surface area contributed by atoms with Gasteiger partial charge in [0.2, 0.25) is 0 Å². The largest absolute Gasteiger partial charge is 0.369 e. The Labute approximate surface area is 155 Å². The second kappa shape index (κ2) is 11.5. The number of unbranched alkanes of at least 4 members (excludes halogenated alkanes) is 1. The third-order valence-corrected chi connectivity index (χ3v) is 5.09. The van der Waals surface area contributed by atoms with E-state index >= 15 is 0 Å². The minimum absolute atomic E-state index is 0.172. The van der Waals surface area contributed by atoms with Crippen molar-refractivity contribution < 1.29 is 17.6 Å². The minimum atomic E-state index is -1.75. The van der Waals surface area contributed by atoms with Gasteiger partial charge in [-0.1, -0.05) is 59.8 Å². The molecule has 0 saturated carbocycles. The first-order valence-electron chi connectivity index (χ1n) is 9.93. The molecule has 0 fully saturated rings. The van der Waals surface area contributed by atoms with Gasteiger partial charge in [-0.05, 0) is 24.7 Å². The summed E-state index contributed by atoms with van der Waals surface area (Å²) in [4.78, 5) is 1.69. The minimum Gasteiger partial charge on any atom is -0.369 e. The molecule has 0 spiro atoms. The molecule has 0 heterocycles. The summed E-state index contributed by atoms with van der Waals surface area (Å²) < 4.78 is 55.0. The van der Waals surface area contributed by atoms with E-state index in [1.807, 2.05) is 6.92 Å². The molecule has 0 N–H and O–H groups in total. The van der Waals surface area contributed by atoms with Gasteiger partial charge in [-0.25, -0.2) is 17.6 Å². The topological polar surface area (TPSA) is 3.24 Å². The summed E-state index contributed by atoms with van der Waals surface area (Å²) in [5.74, 6) is -5.36. The van der Waals surface area contributed by atoms with Crippen LogP contribution in [-0.2, 0) is 0 Å². The fourth-order valence-electron chi connectivity index (χ4n) is 3.44. The van der Waals surface area contributed by atoms with Crippen molar-refractivity contribution >= 4 is 5.69 Å². The Hall–Kier alpha value is -1.26. The number of halogens is 4. The van der Waals surface area contributed by atoms with Crippen molar-refractivity contribution in [1.82, 2.24) is 0 Å². The molecule has 0 aliphatic rings. The third-order valence-electron chi connectivity index (χ3n) is 5.09. The van der Waals surface area contributed by atoms with Crippen LogP contribution in [0.25, 0.3) is 0 Å². The highest BCUT2D eigenvalue weighted by atomic mass is 19.2. The van der Waals surface area contributed by atoms with E-state index in [1.165, 1.54) is 0 Å². The Morgan fingerprint density at radius 1 is 0.885 bits per heavy atom. The van der Waals surface area contributed by atoms with Crippen LogP contribution < -0.4 is 4.90 Å². The highest BCUT2D eigenvalue weighted by molar-refractivity contribution is 5.49. The number of hydrogen-bond acceptors (Lipinski definition) is 1. The van der Waals surface area contributed by atoms with Crippen LogP contribution >= 0.6 is 0 Å². The predicted octanol–water partition coefficient (Wildman–Crippen LogP) is 7.09. The van der Waals surface area contributed by atoms with Gasteiger partial charge in [-0.15, -0.1) is 0 Å². The average Bonchev–Trinajstić information content (AvgIpc) is 2.62. The lowest BCUT2D eigenvalue weighted by atomic mass is 9.95. The molecule has 150 valence electrons. The Balaban J connectivity index is 3.02. The number of hydrogen-bond donors (Lipinski definition) is 0. The zero-order valence-corrected chi connectivity index (χ0v) is 16.6. The van der Waals surface area contributed by atoms with Gasteiger partial charge in [0.15, 0.2) is 23.3 Å².